The highest BCUT2D eigenvalue weighted by molar-refractivity contribution is 5.92. The van der Waals surface area contributed by atoms with Crippen LogP contribution in [0.2, 0.25) is 0 Å². The molecule has 1 aromatic carbocycles. The van der Waals surface area contributed by atoms with E-state index in [-0.39, 0.29) is 11.8 Å². The highest BCUT2D eigenvalue weighted by Crippen LogP contribution is 2.19. The summed E-state index contributed by atoms with van der Waals surface area (Å²) in [5.74, 6) is -0.208. The van der Waals surface area contributed by atoms with Crippen molar-refractivity contribution in [2.45, 2.75) is 6.92 Å². The first-order chi connectivity index (χ1) is 9.20. The van der Waals surface area contributed by atoms with Crippen LogP contribution < -0.4 is 16.0 Å². The van der Waals surface area contributed by atoms with E-state index in [0.29, 0.717) is 6.54 Å². The van der Waals surface area contributed by atoms with E-state index in [2.05, 4.69) is 10.2 Å². The number of amides is 1. The summed E-state index contributed by atoms with van der Waals surface area (Å²) in [6.07, 6.45) is 0. The van der Waals surface area contributed by atoms with Gasteiger partial charge in [-0.05, 0) is 24.3 Å². The van der Waals surface area contributed by atoms with Gasteiger partial charge in [-0.15, -0.1) is 0 Å². The Morgan fingerprint density at radius 3 is 2.58 bits per heavy atom. The first-order valence-electron chi connectivity index (χ1n) is 6.64. The number of nitrogens with two attached hydrogens (primary N) is 1. The van der Waals surface area contributed by atoms with Crippen molar-refractivity contribution in [1.29, 1.82) is 0 Å². The normalized spacial score (nSPS) is 17.1. The van der Waals surface area contributed by atoms with Crippen LogP contribution in [0.4, 0.5) is 11.4 Å². The van der Waals surface area contributed by atoms with Gasteiger partial charge in [0, 0.05) is 36.9 Å². The van der Waals surface area contributed by atoms with Gasteiger partial charge < -0.3 is 20.7 Å². The highest BCUT2D eigenvalue weighted by Gasteiger charge is 2.12. The van der Waals surface area contributed by atoms with Gasteiger partial charge in [-0.3, -0.25) is 4.79 Å². The lowest BCUT2D eigenvalue weighted by Crippen LogP contribution is -2.36. The minimum absolute atomic E-state index is 0.0402. The highest BCUT2D eigenvalue weighted by atomic mass is 16.5. The van der Waals surface area contributed by atoms with Gasteiger partial charge in [0.2, 0.25) is 5.91 Å². The minimum atomic E-state index is -0.168. The quantitative estimate of drug-likeness (QED) is 0.852. The number of carbonyl (C=O) groups excluding carboxylic acids is 1. The Labute approximate surface area is 113 Å². The number of hydrogen-bond donors (Lipinski definition) is 2. The predicted molar refractivity (Wildman–Crippen MR) is 76.3 cm³/mol. The molecule has 1 aromatic rings. The lowest BCUT2D eigenvalue weighted by atomic mass is 10.1. The Morgan fingerprint density at radius 1 is 1.37 bits per heavy atom. The van der Waals surface area contributed by atoms with E-state index < -0.39 is 0 Å². The van der Waals surface area contributed by atoms with Gasteiger partial charge in [0.1, 0.15) is 0 Å². The average molecular weight is 263 g/mol. The van der Waals surface area contributed by atoms with Gasteiger partial charge in [-0.25, -0.2) is 0 Å². The van der Waals surface area contributed by atoms with Crippen LogP contribution >= 0.6 is 0 Å². The van der Waals surface area contributed by atoms with Crippen LogP contribution in [0.25, 0.3) is 0 Å². The third-order valence-electron chi connectivity index (χ3n) is 3.31. The largest absolute Gasteiger partial charge is 0.378 e. The van der Waals surface area contributed by atoms with Crippen LogP contribution in [0.3, 0.4) is 0 Å². The van der Waals surface area contributed by atoms with Crippen molar-refractivity contribution in [2.24, 2.45) is 11.7 Å². The number of carbonyl (C=O) groups is 1. The fourth-order valence-electron chi connectivity index (χ4n) is 1.95. The Hall–Kier alpha value is -1.59. The number of nitrogens with one attached hydrogen (secondary N) is 1. The average Bonchev–Trinajstić information content (AvgIpc) is 2.48. The molecule has 1 atom stereocenters. The molecule has 0 aliphatic carbocycles. The molecule has 1 unspecified atom stereocenters. The molecule has 104 valence electrons. The SMILES string of the molecule is CC(CN)C(=O)Nc1ccc(N2CCOCC2)cc1. The number of ether oxygens (including phenoxy) is 1. The van der Waals surface area contributed by atoms with Crippen LogP contribution in [0, 0.1) is 5.92 Å². The zero-order valence-corrected chi connectivity index (χ0v) is 11.3. The van der Waals surface area contributed by atoms with E-state index in [1.165, 1.54) is 0 Å². The molecule has 0 radical (unpaired) electrons. The molecule has 0 aromatic heterocycles. The summed E-state index contributed by atoms with van der Waals surface area (Å²) in [7, 11) is 0. The van der Waals surface area contributed by atoms with E-state index in [1.54, 1.807) is 0 Å². The van der Waals surface area contributed by atoms with E-state index in [9.17, 15) is 4.79 Å². The number of rotatable bonds is 4. The number of morpholine rings is 1. The molecular formula is C14H21N3O2. The van der Waals surface area contributed by atoms with Crippen molar-refractivity contribution in [1.82, 2.24) is 0 Å². The molecule has 2 rings (SSSR count). The van der Waals surface area contributed by atoms with Crippen molar-refractivity contribution >= 4 is 17.3 Å². The molecule has 0 saturated carbocycles. The Balaban J connectivity index is 1.96. The number of anilines is 2. The van der Waals surface area contributed by atoms with Gasteiger partial charge in [0.25, 0.3) is 0 Å². The monoisotopic (exact) mass is 263 g/mol. The second kappa shape index (κ2) is 6.54. The van der Waals surface area contributed by atoms with Crippen molar-refractivity contribution < 1.29 is 9.53 Å². The molecule has 3 N–H and O–H groups in total. The fourth-order valence-corrected chi connectivity index (χ4v) is 1.95. The van der Waals surface area contributed by atoms with E-state index >= 15 is 0 Å². The third-order valence-corrected chi connectivity index (χ3v) is 3.31. The van der Waals surface area contributed by atoms with E-state index in [0.717, 1.165) is 37.7 Å². The maximum atomic E-state index is 11.7. The first-order valence-corrected chi connectivity index (χ1v) is 6.64. The van der Waals surface area contributed by atoms with Gasteiger partial charge >= 0.3 is 0 Å². The lowest BCUT2D eigenvalue weighted by Gasteiger charge is -2.28. The second-order valence-corrected chi connectivity index (χ2v) is 4.77. The molecule has 0 spiro atoms. The van der Waals surface area contributed by atoms with Gasteiger partial charge in [-0.1, -0.05) is 6.92 Å². The summed E-state index contributed by atoms with van der Waals surface area (Å²) in [5, 5.41) is 2.86. The molecule has 1 saturated heterocycles. The van der Waals surface area contributed by atoms with Crippen LogP contribution in [-0.4, -0.2) is 38.8 Å². The smallest absolute Gasteiger partial charge is 0.228 e. The van der Waals surface area contributed by atoms with Gasteiger partial charge in [0.05, 0.1) is 13.2 Å². The molecule has 5 nitrogen and oxygen atoms in total. The summed E-state index contributed by atoms with van der Waals surface area (Å²) in [6.45, 7) is 5.54. The third kappa shape index (κ3) is 3.68. The number of nitrogens with zero attached hydrogens (tertiary/aromatic N) is 1. The Morgan fingerprint density at radius 2 is 2.00 bits per heavy atom. The topological polar surface area (TPSA) is 67.6 Å². The summed E-state index contributed by atoms with van der Waals surface area (Å²) in [5.41, 5.74) is 7.44. The van der Waals surface area contributed by atoms with Crippen molar-refractivity contribution in [3.8, 4) is 0 Å². The maximum Gasteiger partial charge on any atom is 0.228 e. The molecule has 0 bridgehead atoms. The zero-order chi connectivity index (χ0) is 13.7. The molecule has 19 heavy (non-hydrogen) atoms. The molecule has 1 aliphatic heterocycles. The zero-order valence-electron chi connectivity index (χ0n) is 11.3. The lowest BCUT2D eigenvalue weighted by molar-refractivity contribution is -0.119. The summed E-state index contributed by atoms with van der Waals surface area (Å²) >= 11 is 0. The van der Waals surface area contributed by atoms with E-state index in [4.69, 9.17) is 10.5 Å². The van der Waals surface area contributed by atoms with Crippen LogP contribution in [0.15, 0.2) is 24.3 Å². The summed E-state index contributed by atoms with van der Waals surface area (Å²) < 4.78 is 5.33. The van der Waals surface area contributed by atoms with Gasteiger partial charge in [0.15, 0.2) is 0 Å². The Bertz CT molecular complexity index is 413. The van der Waals surface area contributed by atoms with Crippen LogP contribution in [0.5, 0.6) is 0 Å². The molecular weight excluding hydrogens is 242 g/mol. The molecule has 1 fully saturated rings. The first kappa shape index (κ1) is 13.8. The van der Waals surface area contributed by atoms with Crippen LogP contribution in [0.1, 0.15) is 6.92 Å². The van der Waals surface area contributed by atoms with Crippen LogP contribution in [-0.2, 0) is 9.53 Å². The molecule has 1 aliphatic rings. The Kier molecular flexibility index (Phi) is 4.76. The van der Waals surface area contributed by atoms with Crippen molar-refractivity contribution in [2.75, 3.05) is 43.1 Å². The van der Waals surface area contributed by atoms with Gasteiger partial charge in [-0.2, -0.15) is 0 Å². The summed E-state index contributed by atoms with van der Waals surface area (Å²) in [6, 6.07) is 7.89. The minimum Gasteiger partial charge on any atom is -0.378 e. The van der Waals surface area contributed by atoms with E-state index in [1.807, 2.05) is 31.2 Å². The predicted octanol–water partition coefficient (Wildman–Crippen LogP) is 1.06. The van der Waals surface area contributed by atoms with Crippen molar-refractivity contribution in [3.05, 3.63) is 24.3 Å². The number of hydrogen-bond acceptors (Lipinski definition) is 4. The maximum absolute atomic E-state index is 11.7. The molecule has 1 heterocycles. The summed E-state index contributed by atoms with van der Waals surface area (Å²) in [4.78, 5) is 14.0. The molecule has 1 amide bonds. The second-order valence-electron chi connectivity index (χ2n) is 4.77. The van der Waals surface area contributed by atoms with Crippen molar-refractivity contribution in [3.63, 3.8) is 0 Å². The fraction of sp³-hybridized carbons (Fsp3) is 0.500. The molecule has 5 heteroatoms. The standard InChI is InChI=1S/C14H21N3O2/c1-11(10-15)14(18)16-12-2-4-13(5-3-12)17-6-8-19-9-7-17/h2-5,11H,6-10,15H2,1H3,(H,16,18). The number of benzene rings is 1.